The number of hydrogen-bond acceptors (Lipinski definition) is 6. The van der Waals surface area contributed by atoms with Gasteiger partial charge >= 0.3 is 5.69 Å². The van der Waals surface area contributed by atoms with E-state index in [-0.39, 0.29) is 31.2 Å². The molecule has 0 aliphatic heterocycles. The van der Waals surface area contributed by atoms with Crippen LogP contribution in [-0.2, 0) is 10.0 Å². The summed E-state index contributed by atoms with van der Waals surface area (Å²) in [7, 11) is -3.34. The average Bonchev–Trinajstić information content (AvgIpc) is 2.60. The largest absolute Gasteiger partial charge is 0.496 e. The lowest BCUT2D eigenvalue weighted by atomic mass is 10.2. The van der Waals surface area contributed by atoms with Crippen molar-refractivity contribution in [1.82, 2.24) is 8.96 Å². The lowest BCUT2D eigenvalue weighted by molar-refractivity contribution is 0.0997. The molecule has 27 heavy (non-hydrogen) atoms. The fraction of sp³-hybridized carbons (Fsp3) is 0.0625. The molecule has 2 aromatic carbocycles. The topological polar surface area (TPSA) is 141 Å². The number of nitrogens with zero attached hydrogens (tertiary/aromatic N) is 1. The van der Waals surface area contributed by atoms with Gasteiger partial charge in [0.2, 0.25) is 0 Å². The van der Waals surface area contributed by atoms with Crippen LogP contribution in [0.3, 0.4) is 0 Å². The molecule has 0 radical (unpaired) electrons. The third kappa shape index (κ3) is 3.09. The number of H-pyrrole nitrogens is 1. The molecule has 0 atom stereocenters. The SMILES string of the molecule is COc1ccc(S(=O)(=O)n2c(=O)[nH]c3cc(Cl)ccc3c2=O)cc1C(N)=O. The van der Waals surface area contributed by atoms with Gasteiger partial charge in [-0.3, -0.25) is 9.59 Å². The Bertz CT molecular complexity index is 1310. The van der Waals surface area contributed by atoms with Gasteiger partial charge in [0.25, 0.3) is 21.5 Å². The molecule has 3 N–H and O–H groups in total. The van der Waals surface area contributed by atoms with E-state index in [1.807, 2.05) is 0 Å². The Morgan fingerprint density at radius 3 is 2.52 bits per heavy atom. The van der Waals surface area contributed by atoms with E-state index >= 15 is 0 Å². The van der Waals surface area contributed by atoms with Gasteiger partial charge in [-0.2, -0.15) is 0 Å². The van der Waals surface area contributed by atoms with Crippen molar-refractivity contribution in [1.29, 1.82) is 0 Å². The van der Waals surface area contributed by atoms with Gasteiger partial charge in [-0.1, -0.05) is 11.6 Å². The Balaban J connectivity index is 2.32. The lowest BCUT2D eigenvalue weighted by Gasteiger charge is -2.11. The summed E-state index contributed by atoms with van der Waals surface area (Å²) in [5, 5.41) is 0.214. The number of carbonyl (C=O) groups excluding carboxylic acids is 1. The van der Waals surface area contributed by atoms with E-state index in [2.05, 4.69) is 4.98 Å². The molecule has 11 heteroatoms. The number of benzene rings is 2. The molecule has 0 aliphatic carbocycles. The molecular weight excluding hydrogens is 398 g/mol. The van der Waals surface area contributed by atoms with Gasteiger partial charge in [0.05, 0.1) is 28.5 Å². The number of halogens is 1. The molecule has 3 aromatic rings. The summed E-state index contributed by atoms with van der Waals surface area (Å²) in [6.07, 6.45) is 0. The smallest absolute Gasteiger partial charge is 0.343 e. The number of methoxy groups -OCH3 is 1. The maximum Gasteiger partial charge on any atom is 0.343 e. The van der Waals surface area contributed by atoms with E-state index in [4.69, 9.17) is 22.1 Å². The number of hydrogen-bond donors (Lipinski definition) is 2. The highest BCUT2D eigenvalue weighted by molar-refractivity contribution is 7.90. The molecule has 0 spiro atoms. The zero-order chi connectivity index (χ0) is 19.9. The minimum Gasteiger partial charge on any atom is -0.496 e. The molecular formula is C16H12ClN3O6S. The Morgan fingerprint density at radius 1 is 1.19 bits per heavy atom. The molecule has 0 fully saturated rings. The Kier molecular flexibility index (Phi) is 4.54. The Labute approximate surface area is 157 Å². The maximum absolute atomic E-state index is 12.9. The minimum absolute atomic E-state index is 0.0498. The predicted molar refractivity (Wildman–Crippen MR) is 97.9 cm³/mol. The van der Waals surface area contributed by atoms with Crippen LogP contribution in [0.2, 0.25) is 5.02 Å². The van der Waals surface area contributed by atoms with Gasteiger partial charge < -0.3 is 15.5 Å². The van der Waals surface area contributed by atoms with Gasteiger partial charge in [-0.25, -0.2) is 13.2 Å². The number of aromatic nitrogens is 2. The highest BCUT2D eigenvalue weighted by atomic mass is 35.5. The van der Waals surface area contributed by atoms with Crippen molar-refractivity contribution in [2.24, 2.45) is 5.73 Å². The average molecular weight is 410 g/mol. The van der Waals surface area contributed by atoms with E-state index in [9.17, 15) is 22.8 Å². The van der Waals surface area contributed by atoms with Gasteiger partial charge in [0.15, 0.2) is 0 Å². The molecule has 1 amide bonds. The zero-order valence-corrected chi connectivity index (χ0v) is 15.3. The molecule has 9 nitrogen and oxygen atoms in total. The molecule has 1 heterocycles. The number of aromatic amines is 1. The van der Waals surface area contributed by atoms with Crippen LogP contribution in [0.25, 0.3) is 10.9 Å². The van der Waals surface area contributed by atoms with Gasteiger partial charge in [-0.05, 0) is 36.4 Å². The predicted octanol–water partition coefficient (Wildman–Crippen LogP) is 0.688. The molecule has 0 bridgehead atoms. The summed E-state index contributed by atoms with van der Waals surface area (Å²) in [6.45, 7) is 0. The zero-order valence-electron chi connectivity index (χ0n) is 13.7. The number of nitrogens with two attached hydrogens (primary N) is 1. The van der Waals surface area contributed by atoms with Crippen LogP contribution in [0.15, 0.2) is 50.9 Å². The highest BCUT2D eigenvalue weighted by Gasteiger charge is 2.25. The fourth-order valence-corrected chi connectivity index (χ4v) is 4.01. The molecule has 140 valence electrons. The monoisotopic (exact) mass is 409 g/mol. The lowest BCUT2D eigenvalue weighted by Crippen LogP contribution is -2.40. The molecule has 0 aliphatic rings. The van der Waals surface area contributed by atoms with Crippen LogP contribution in [-0.4, -0.2) is 30.4 Å². The molecule has 0 unspecified atom stereocenters. The van der Waals surface area contributed by atoms with E-state index in [1.165, 1.54) is 31.4 Å². The van der Waals surface area contributed by atoms with Crippen LogP contribution in [0.1, 0.15) is 10.4 Å². The maximum atomic E-state index is 12.9. The number of amides is 1. The third-order valence-corrected chi connectivity index (χ3v) is 5.69. The van der Waals surface area contributed by atoms with Crippen LogP contribution in [0.4, 0.5) is 0 Å². The van der Waals surface area contributed by atoms with E-state index in [0.29, 0.717) is 0 Å². The van der Waals surface area contributed by atoms with Crippen LogP contribution < -0.4 is 21.7 Å². The van der Waals surface area contributed by atoms with Crippen LogP contribution >= 0.6 is 11.6 Å². The van der Waals surface area contributed by atoms with Crippen molar-refractivity contribution in [3.8, 4) is 5.75 Å². The Hall–Kier alpha value is -3.11. The van der Waals surface area contributed by atoms with Crippen molar-refractivity contribution in [2.75, 3.05) is 7.11 Å². The van der Waals surface area contributed by atoms with Crippen molar-refractivity contribution >= 4 is 38.4 Å². The van der Waals surface area contributed by atoms with Crippen molar-refractivity contribution in [3.05, 3.63) is 67.8 Å². The van der Waals surface area contributed by atoms with E-state index in [0.717, 1.165) is 12.1 Å². The first kappa shape index (κ1) is 18.7. The number of primary amides is 1. The number of carbonyl (C=O) groups is 1. The summed E-state index contributed by atoms with van der Waals surface area (Å²) < 4.78 is 30.8. The second kappa shape index (κ2) is 6.56. The molecule has 0 saturated carbocycles. The van der Waals surface area contributed by atoms with Crippen LogP contribution in [0.5, 0.6) is 5.75 Å². The number of ether oxygens (including phenoxy) is 1. The van der Waals surface area contributed by atoms with Crippen LogP contribution in [0, 0.1) is 0 Å². The summed E-state index contributed by atoms with van der Waals surface area (Å²) in [5.41, 5.74) is 2.88. The van der Waals surface area contributed by atoms with Gasteiger partial charge in [0, 0.05) is 5.02 Å². The molecule has 1 aromatic heterocycles. The number of rotatable bonds is 4. The quantitative estimate of drug-likeness (QED) is 0.649. The second-order valence-electron chi connectivity index (χ2n) is 5.42. The summed E-state index contributed by atoms with van der Waals surface area (Å²) in [6, 6.07) is 7.25. The normalized spacial score (nSPS) is 11.5. The minimum atomic E-state index is -4.62. The van der Waals surface area contributed by atoms with Crippen molar-refractivity contribution in [3.63, 3.8) is 0 Å². The number of nitrogens with one attached hydrogen (secondary N) is 1. The van der Waals surface area contributed by atoms with Crippen molar-refractivity contribution < 1.29 is 17.9 Å². The summed E-state index contributed by atoms with van der Waals surface area (Å²) >= 11 is 5.82. The first-order valence-corrected chi connectivity index (χ1v) is 9.16. The summed E-state index contributed by atoms with van der Waals surface area (Å²) in [5.74, 6) is -0.880. The highest BCUT2D eigenvalue weighted by Crippen LogP contribution is 2.23. The first-order chi connectivity index (χ1) is 12.7. The first-order valence-electron chi connectivity index (χ1n) is 7.35. The fourth-order valence-electron chi connectivity index (χ4n) is 2.54. The standard InChI is InChI=1S/C16H12ClN3O6S/c1-26-13-5-3-9(7-11(13)14(18)21)27(24,25)20-15(22)10-4-2-8(17)6-12(10)19-16(20)23/h2-7H,1H3,(H2,18,21)(H,19,23). The molecule has 3 rings (SSSR count). The second-order valence-corrected chi connectivity index (χ2v) is 7.64. The number of fused-ring (bicyclic) bond motifs is 1. The van der Waals surface area contributed by atoms with Crippen molar-refractivity contribution in [2.45, 2.75) is 4.90 Å². The molecule has 0 saturated heterocycles. The van der Waals surface area contributed by atoms with E-state index < -0.39 is 32.1 Å². The van der Waals surface area contributed by atoms with Gasteiger partial charge in [-0.15, -0.1) is 3.97 Å². The van der Waals surface area contributed by atoms with E-state index in [1.54, 1.807) is 0 Å². The van der Waals surface area contributed by atoms with Gasteiger partial charge in [0.1, 0.15) is 5.75 Å². The third-order valence-electron chi connectivity index (χ3n) is 3.80. The summed E-state index contributed by atoms with van der Waals surface area (Å²) in [4.78, 5) is 38.3. The Morgan fingerprint density at radius 2 is 1.89 bits per heavy atom.